The van der Waals surface area contributed by atoms with Gasteiger partial charge in [-0.25, -0.2) is 4.79 Å². The van der Waals surface area contributed by atoms with Crippen LogP contribution >= 0.6 is 0 Å². The van der Waals surface area contributed by atoms with Crippen LogP contribution in [0.2, 0.25) is 0 Å². The second kappa shape index (κ2) is 5.00. The van der Waals surface area contributed by atoms with Crippen molar-refractivity contribution >= 4 is 18.6 Å². The molecule has 1 aliphatic heterocycles. The molecule has 0 N–H and O–H groups in total. The normalized spacial score (nSPS) is 19.6. The molecule has 1 fully saturated rings. The van der Waals surface area contributed by atoms with Crippen LogP contribution in [0.3, 0.4) is 0 Å². The van der Waals surface area contributed by atoms with Crippen LogP contribution in [-0.4, -0.2) is 36.0 Å². The van der Waals surface area contributed by atoms with Crippen LogP contribution in [0.15, 0.2) is 17.1 Å². The average molecular weight is 293 g/mol. The van der Waals surface area contributed by atoms with Gasteiger partial charge in [-0.1, -0.05) is 0 Å². The molecular formula is C14H20BNO5. The Hall–Kier alpha value is -1.60. The molecule has 0 atom stereocenters. The summed E-state index contributed by atoms with van der Waals surface area (Å²) in [6.07, 6.45) is 1.61. The van der Waals surface area contributed by atoms with Gasteiger partial charge in [0.15, 0.2) is 0 Å². The zero-order valence-electron chi connectivity index (χ0n) is 13.2. The molecule has 6 nitrogen and oxygen atoms in total. The number of carbonyl (C=O) groups is 1. The Morgan fingerprint density at radius 1 is 1.24 bits per heavy atom. The van der Waals surface area contributed by atoms with Crippen LogP contribution in [0.4, 0.5) is 0 Å². The van der Waals surface area contributed by atoms with Gasteiger partial charge in [-0.2, -0.15) is 0 Å². The predicted octanol–water partition coefficient (Wildman–Crippen LogP) is 0.471. The predicted molar refractivity (Wildman–Crippen MR) is 78.7 cm³/mol. The van der Waals surface area contributed by atoms with Gasteiger partial charge in [-0.3, -0.25) is 4.79 Å². The summed E-state index contributed by atoms with van der Waals surface area (Å²) in [6.45, 7) is 7.76. The van der Waals surface area contributed by atoms with Crippen molar-refractivity contribution in [2.75, 3.05) is 7.11 Å². The van der Waals surface area contributed by atoms with E-state index in [2.05, 4.69) is 4.74 Å². The fourth-order valence-corrected chi connectivity index (χ4v) is 2.10. The van der Waals surface area contributed by atoms with E-state index in [-0.39, 0.29) is 5.56 Å². The number of methoxy groups -OCH3 is 1. The highest BCUT2D eigenvalue weighted by Crippen LogP contribution is 2.36. The standard InChI is InChI=1S/C14H20BNO5/c1-13(2)14(3,4)21-15(20-13)9-7-10(12(18)19-6)11(17)16(5)8-9/h7-8H,1-6H3. The topological polar surface area (TPSA) is 66.8 Å². The van der Waals surface area contributed by atoms with Gasteiger partial charge >= 0.3 is 13.1 Å². The molecule has 1 aliphatic rings. The third-order valence-electron chi connectivity index (χ3n) is 4.14. The third kappa shape index (κ3) is 2.63. The first-order valence-electron chi connectivity index (χ1n) is 6.73. The number of carbonyl (C=O) groups excluding carboxylic acids is 1. The van der Waals surface area contributed by atoms with Crippen molar-refractivity contribution in [2.45, 2.75) is 38.9 Å². The highest BCUT2D eigenvalue weighted by atomic mass is 16.7. The molecular weight excluding hydrogens is 273 g/mol. The molecule has 7 heteroatoms. The Balaban J connectivity index is 2.45. The van der Waals surface area contributed by atoms with Gasteiger partial charge in [0.2, 0.25) is 0 Å². The fourth-order valence-electron chi connectivity index (χ4n) is 2.10. The number of ether oxygens (including phenoxy) is 1. The average Bonchev–Trinajstić information content (AvgIpc) is 2.60. The first kappa shape index (κ1) is 15.8. The number of pyridine rings is 1. The van der Waals surface area contributed by atoms with Crippen molar-refractivity contribution in [1.82, 2.24) is 4.57 Å². The maximum atomic E-state index is 12.0. The summed E-state index contributed by atoms with van der Waals surface area (Å²) < 4.78 is 17.8. The van der Waals surface area contributed by atoms with Gasteiger partial charge < -0.3 is 18.6 Å². The van der Waals surface area contributed by atoms with E-state index in [9.17, 15) is 9.59 Å². The summed E-state index contributed by atoms with van der Waals surface area (Å²) in [6, 6.07) is 1.47. The molecule has 0 bridgehead atoms. The number of esters is 1. The molecule has 1 aromatic heterocycles. The third-order valence-corrected chi connectivity index (χ3v) is 4.14. The van der Waals surface area contributed by atoms with Crippen LogP contribution in [0, 0.1) is 0 Å². The Morgan fingerprint density at radius 2 is 1.76 bits per heavy atom. The number of nitrogens with zero attached hydrogens (tertiary/aromatic N) is 1. The maximum absolute atomic E-state index is 12.0. The van der Waals surface area contributed by atoms with E-state index in [1.807, 2.05) is 27.7 Å². The van der Waals surface area contributed by atoms with E-state index in [1.165, 1.54) is 17.7 Å². The minimum Gasteiger partial charge on any atom is -0.465 e. The van der Waals surface area contributed by atoms with E-state index >= 15 is 0 Å². The lowest BCUT2D eigenvalue weighted by Crippen LogP contribution is -2.41. The largest absolute Gasteiger partial charge is 0.496 e. The van der Waals surface area contributed by atoms with E-state index in [1.54, 1.807) is 13.2 Å². The van der Waals surface area contributed by atoms with Gasteiger partial charge in [0.05, 0.1) is 18.3 Å². The molecule has 1 saturated heterocycles. The second-order valence-corrected chi connectivity index (χ2v) is 6.18. The number of rotatable bonds is 2. The number of hydrogen-bond donors (Lipinski definition) is 0. The molecule has 2 heterocycles. The lowest BCUT2D eigenvalue weighted by atomic mass is 9.79. The summed E-state index contributed by atoms with van der Waals surface area (Å²) >= 11 is 0. The van der Waals surface area contributed by atoms with E-state index in [0.717, 1.165) is 0 Å². The first-order chi connectivity index (χ1) is 9.59. The van der Waals surface area contributed by atoms with Crippen LogP contribution in [0.25, 0.3) is 0 Å². The van der Waals surface area contributed by atoms with E-state index in [4.69, 9.17) is 9.31 Å². The number of aryl methyl sites for hydroxylation is 1. The van der Waals surface area contributed by atoms with Crippen molar-refractivity contribution in [3.63, 3.8) is 0 Å². The summed E-state index contributed by atoms with van der Waals surface area (Å²) in [5.41, 5.74) is -0.819. The molecule has 1 aromatic rings. The summed E-state index contributed by atoms with van der Waals surface area (Å²) in [5, 5.41) is 0. The van der Waals surface area contributed by atoms with Gasteiger partial charge in [0, 0.05) is 13.2 Å². The first-order valence-corrected chi connectivity index (χ1v) is 6.73. The Labute approximate surface area is 124 Å². The van der Waals surface area contributed by atoms with Crippen molar-refractivity contribution in [1.29, 1.82) is 0 Å². The monoisotopic (exact) mass is 293 g/mol. The molecule has 21 heavy (non-hydrogen) atoms. The van der Waals surface area contributed by atoms with Crippen LogP contribution < -0.4 is 11.0 Å². The zero-order chi connectivity index (χ0) is 16.0. The molecule has 0 aromatic carbocycles. The fraction of sp³-hybridized carbons (Fsp3) is 0.571. The quantitative estimate of drug-likeness (QED) is 0.586. The molecule has 0 amide bonds. The van der Waals surface area contributed by atoms with Crippen LogP contribution in [0.5, 0.6) is 0 Å². The van der Waals surface area contributed by atoms with E-state index in [0.29, 0.717) is 5.46 Å². The Morgan fingerprint density at radius 3 is 2.24 bits per heavy atom. The number of aromatic nitrogens is 1. The summed E-state index contributed by atoms with van der Waals surface area (Å²) in [5.74, 6) is -0.672. The van der Waals surface area contributed by atoms with Crippen LogP contribution in [0.1, 0.15) is 38.1 Å². The van der Waals surface area contributed by atoms with Gasteiger partial charge in [-0.15, -0.1) is 0 Å². The molecule has 114 valence electrons. The van der Waals surface area contributed by atoms with Crippen LogP contribution in [-0.2, 0) is 21.1 Å². The molecule has 0 radical (unpaired) electrons. The molecule has 0 unspecified atom stereocenters. The molecule has 0 saturated carbocycles. The summed E-state index contributed by atoms with van der Waals surface area (Å²) in [7, 11) is 2.18. The van der Waals surface area contributed by atoms with Crippen molar-refractivity contribution in [3.05, 3.63) is 28.2 Å². The van der Waals surface area contributed by atoms with Gasteiger partial charge in [-0.05, 0) is 39.2 Å². The highest BCUT2D eigenvalue weighted by Gasteiger charge is 2.52. The SMILES string of the molecule is COC(=O)c1cc(B2OC(C)(C)C(C)(C)O2)cn(C)c1=O. The van der Waals surface area contributed by atoms with Gasteiger partial charge in [0.1, 0.15) is 5.56 Å². The smallest absolute Gasteiger partial charge is 0.465 e. The highest BCUT2D eigenvalue weighted by molar-refractivity contribution is 6.62. The molecule has 0 aliphatic carbocycles. The minimum absolute atomic E-state index is 0.0350. The molecule has 0 spiro atoms. The van der Waals surface area contributed by atoms with Crippen molar-refractivity contribution in [2.24, 2.45) is 7.05 Å². The molecule has 2 rings (SSSR count). The Bertz CT molecular complexity index is 619. The van der Waals surface area contributed by atoms with Crippen molar-refractivity contribution in [3.8, 4) is 0 Å². The number of hydrogen-bond acceptors (Lipinski definition) is 5. The summed E-state index contributed by atoms with van der Waals surface area (Å²) in [4.78, 5) is 23.7. The second-order valence-electron chi connectivity index (χ2n) is 6.18. The van der Waals surface area contributed by atoms with Gasteiger partial charge in [0.25, 0.3) is 5.56 Å². The Kier molecular flexibility index (Phi) is 3.76. The van der Waals surface area contributed by atoms with Crippen molar-refractivity contribution < 1.29 is 18.8 Å². The lowest BCUT2D eigenvalue weighted by molar-refractivity contribution is 0.00578. The van der Waals surface area contributed by atoms with E-state index < -0.39 is 29.8 Å². The lowest BCUT2D eigenvalue weighted by Gasteiger charge is -2.32. The zero-order valence-corrected chi connectivity index (χ0v) is 13.2. The maximum Gasteiger partial charge on any atom is 0.496 e. The minimum atomic E-state index is -0.672.